The molecule has 0 atom stereocenters. The number of hydrogen-bond acceptors (Lipinski definition) is 3. The Morgan fingerprint density at radius 3 is 2.94 bits per heavy atom. The summed E-state index contributed by atoms with van der Waals surface area (Å²) in [6, 6.07) is 6.74. The molecular formula is C13H18N2O. The fraction of sp³-hybridized carbons (Fsp3) is 0.538. The lowest BCUT2D eigenvalue weighted by atomic mass is 9.79. The van der Waals surface area contributed by atoms with Crippen LogP contribution < -0.4 is 11.1 Å². The standard InChI is InChI=1S/C13H18N2O/c14-7-13(8-16-9-13)6-10-1-2-12-11(5-10)3-4-15-12/h1-2,5,15H,3-4,6-9,14H2. The van der Waals surface area contributed by atoms with E-state index in [2.05, 4.69) is 23.5 Å². The minimum atomic E-state index is 0.209. The van der Waals surface area contributed by atoms with Crippen LogP contribution in [-0.2, 0) is 17.6 Å². The first-order valence-electron chi connectivity index (χ1n) is 5.95. The Kier molecular flexibility index (Phi) is 2.37. The minimum absolute atomic E-state index is 0.209. The number of anilines is 1. The number of hydrogen-bond donors (Lipinski definition) is 2. The number of nitrogens with two attached hydrogens (primary N) is 1. The van der Waals surface area contributed by atoms with Crippen molar-refractivity contribution in [3.05, 3.63) is 29.3 Å². The van der Waals surface area contributed by atoms with E-state index in [1.165, 1.54) is 16.8 Å². The highest BCUT2D eigenvalue weighted by molar-refractivity contribution is 5.56. The summed E-state index contributed by atoms with van der Waals surface area (Å²) in [6.07, 6.45) is 2.20. The van der Waals surface area contributed by atoms with Crippen molar-refractivity contribution in [1.29, 1.82) is 0 Å². The van der Waals surface area contributed by atoms with Gasteiger partial charge < -0.3 is 15.8 Å². The second-order valence-corrected chi connectivity index (χ2v) is 5.04. The van der Waals surface area contributed by atoms with E-state index in [1.807, 2.05) is 0 Å². The molecule has 1 aromatic rings. The van der Waals surface area contributed by atoms with Crippen molar-refractivity contribution >= 4 is 5.69 Å². The van der Waals surface area contributed by atoms with Gasteiger partial charge in [0.1, 0.15) is 0 Å². The van der Waals surface area contributed by atoms with E-state index in [9.17, 15) is 0 Å². The highest BCUT2D eigenvalue weighted by Crippen LogP contribution is 2.32. The van der Waals surface area contributed by atoms with Crippen molar-refractivity contribution in [3.8, 4) is 0 Å². The number of rotatable bonds is 3. The molecule has 16 heavy (non-hydrogen) atoms. The zero-order chi connectivity index (χ0) is 11.0. The predicted octanol–water partition coefficient (Wildman–Crippen LogP) is 1.17. The number of fused-ring (bicyclic) bond motifs is 1. The van der Waals surface area contributed by atoms with Crippen molar-refractivity contribution in [3.63, 3.8) is 0 Å². The zero-order valence-corrected chi connectivity index (χ0v) is 9.46. The van der Waals surface area contributed by atoms with Crippen LogP contribution in [0.3, 0.4) is 0 Å². The van der Waals surface area contributed by atoms with E-state index in [0.717, 1.165) is 39.1 Å². The first-order chi connectivity index (χ1) is 7.81. The largest absolute Gasteiger partial charge is 0.384 e. The van der Waals surface area contributed by atoms with Crippen LogP contribution in [0.25, 0.3) is 0 Å². The van der Waals surface area contributed by atoms with Gasteiger partial charge in [-0.2, -0.15) is 0 Å². The number of nitrogens with one attached hydrogen (secondary N) is 1. The first-order valence-corrected chi connectivity index (χ1v) is 5.95. The van der Waals surface area contributed by atoms with Crippen LogP contribution in [0.5, 0.6) is 0 Å². The van der Waals surface area contributed by atoms with Crippen LogP contribution in [0.4, 0.5) is 5.69 Å². The lowest BCUT2D eigenvalue weighted by molar-refractivity contribution is -0.106. The van der Waals surface area contributed by atoms with Crippen LogP contribution in [0, 0.1) is 5.41 Å². The molecule has 1 saturated heterocycles. The van der Waals surface area contributed by atoms with E-state index in [-0.39, 0.29) is 5.41 Å². The molecule has 3 heteroatoms. The summed E-state index contributed by atoms with van der Waals surface area (Å²) >= 11 is 0. The Morgan fingerprint density at radius 2 is 2.25 bits per heavy atom. The molecule has 3 nitrogen and oxygen atoms in total. The Balaban J connectivity index is 1.80. The van der Waals surface area contributed by atoms with Gasteiger partial charge in [0, 0.05) is 24.2 Å². The summed E-state index contributed by atoms with van der Waals surface area (Å²) in [5.41, 5.74) is 10.2. The van der Waals surface area contributed by atoms with Gasteiger partial charge in [0.2, 0.25) is 0 Å². The van der Waals surface area contributed by atoms with Gasteiger partial charge >= 0.3 is 0 Å². The lowest BCUT2D eigenvalue weighted by Gasteiger charge is -2.40. The summed E-state index contributed by atoms with van der Waals surface area (Å²) in [7, 11) is 0. The van der Waals surface area contributed by atoms with Crippen LogP contribution in [0.15, 0.2) is 18.2 Å². The van der Waals surface area contributed by atoms with E-state index >= 15 is 0 Å². The molecule has 2 heterocycles. The Hall–Kier alpha value is -1.06. The molecule has 0 saturated carbocycles. The molecule has 0 aliphatic carbocycles. The van der Waals surface area contributed by atoms with Crippen molar-refractivity contribution in [2.45, 2.75) is 12.8 Å². The summed E-state index contributed by atoms with van der Waals surface area (Å²) in [5.74, 6) is 0. The van der Waals surface area contributed by atoms with Gasteiger partial charge in [-0.3, -0.25) is 0 Å². The maximum Gasteiger partial charge on any atom is 0.0560 e. The normalized spacial score (nSPS) is 21.1. The van der Waals surface area contributed by atoms with Crippen molar-refractivity contribution < 1.29 is 4.74 Å². The van der Waals surface area contributed by atoms with Crippen LogP contribution >= 0.6 is 0 Å². The quantitative estimate of drug-likeness (QED) is 0.800. The van der Waals surface area contributed by atoms with Gasteiger partial charge in [0.25, 0.3) is 0 Å². The summed E-state index contributed by atoms with van der Waals surface area (Å²) in [6.45, 7) is 3.43. The zero-order valence-electron chi connectivity index (χ0n) is 9.46. The van der Waals surface area contributed by atoms with E-state index in [4.69, 9.17) is 10.5 Å². The second kappa shape index (κ2) is 3.75. The van der Waals surface area contributed by atoms with Gasteiger partial charge in [-0.25, -0.2) is 0 Å². The van der Waals surface area contributed by atoms with Crippen molar-refractivity contribution in [2.24, 2.45) is 11.1 Å². The van der Waals surface area contributed by atoms with Crippen LogP contribution in [0.2, 0.25) is 0 Å². The summed E-state index contributed by atoms with van der Waals surface area (Å²) in [5, 5.41) is 3.38. The van der Waals surface area contributed by atoms with Gasteiger partial charge in [0.05, 0.1) is 13.2 Å². The molecule has 0 unspecified atom stereocenters. The molecule has 0 amide bonds. The van der Waals surface area contributed by atoms with Crippen LogP contribution in [0.1, 0.15) is 11.1 Å². The smallest absolute Gasteiger partial charge is 0.0560 e. The molecule has 3 rings (SSSR count). The Bertz CT molecular complexity index is 393. The topological polar surface area (TPSA) is 47.3 Å². The maximum absolute atomic E-state index is 5.84. The third-order valence-electron chi connectivity index (χ3n) is 3.71. The van der Waals surface area contributed by atoms with E-state index in [1.54, 1.807) is 0 Å². The van der Waals surface area contributed by atoms with Gasteiger partial charge in [-0.1, -0.05) is 12.1 Å². The Labute approximate surface area is 96.0 Å². The summed E-state index contributed by atoms with van der Waals surface area (Å²) < 4.78 is 5.30. The third kappa shape index (κ3) is 1.60. The average Bonchev–Trinajstić information content (AvgIpc) is 2.70. The molecule has 2 aliphatic heterocycles. The molecule has 0 aromatic heterocycles. The molecule has 1 aromatic carbocycles. The molecule has 1 fully saturated rings. The molecule has 3 N–H and O–H groups in total. The molecule has 0 spiro atoms. The monoisotopic (exact) mass is 218 g/mol. The number of ether oxygens (including phenoxy) is 1. The highest BCUT2D eigenvalue weighted by atomic mass is 16.5. The fourth-order valence-electron chi connectivity index (χ4n) is 2.58. The third-order valence-corrected chi connectivity index (χ3v) is 3.71. The predicted molar refractivity (Wildman–Crippen MR) is 64.6 cm³/mol. The fourth-order valence-corrected chi connectivity index (χ4v) is 2.58. The van der Waals surface area contributed by atoms with Gasteiger partial charge in [0.15, 0.2) is 0 Å². The second-order valence-electron chi connectivity index (χ2n) is 5.04. The Morgan fingerprint density at radius 1 is 1.38 bits per heavy atom. The average molecular weight is 218 g/mol. The molecule has 86 valence electrons. The van der Waals surface area contributed by atoms with Crippen LogP contribution in [-0.4, -0.2) is 26.3 Å². The first kappa shape index (κ1) is 10.1. The maximum atomic E-state index is 5.84. The van der Waals surface area contributed by atoms with Crippen molar-refractivity contribution in [2.75, 3.05) is 31.6 Å². The molecular weight excluding hydrogens is 200 g/mol. The van der Waals surface area contributed by atoms with E-state index < -0.39 is 0 Å². The molecule has 0 radical (unpaired) electrons. The van der Waals surface area contributed by atoms with Gasteiger partial charge in [-0.05, 0) is 30.0 Å². The SMILES string of the molecule is NCC1(Cc2ccc3c(c2)CCN3)COC1. The van der Waals surface area contributed by atoms with E-state index in [0.29, 0.717) is 0 Å². The van der Waals surface area contributed by atoms with Crippen molar-refractivity contribution in [1.82, 2.24) is 0 Å². The minimum Gasteiger partial charge on any atom is -0.384 e. The number of benzene rings is 1. The molecule has 2 aliphatic rings. The summed E-state index contributed by atoms with van der Waals surface area (Å²) in [4.78, 5) is 0. The van der Waals surface area contributed by atoms with Gasteiger partial charge in [-0.15, -0.1) is 0 Å². The highest BCUT2D eigenvalue weighted by Gasteiger charge is 2.37. The lowest BCUT2D eigenvalue weighted by Crippen LogP contribution is -2.49. The molecule has 0 bridgehead atoms.